The summed E-state index contributed by atoms with van der Waals surface area (Å²) in [7, 11) is -1.27. The number of rotatable bonds is 6. The first-order chi connectivity index (χ1) is 12.3. The number of hydrogen-bond donors (Lipinski definition) is 2. The van der Waals surface area contributed by atoms with E-state index in [9.17, 15) is 13.4 Å². The van der Waals surface area contributed by atoms with Crippen molar-refractivity contribution in [2.75, 3.05) is 25.5 Å². The Morgan fingerprint density at radius 3 is 2.77 bits per heavy atom. The highest BCUT2D eigenvalue weighted by atomic mass is 32.2. The van der Waals surface area contributed by atoms with Crippen LogP contribution in [0.1, 0.15) is 10.4 Å². The predicted octanol–water partition coefficient (Wildman–Crippen LogP) is 2.54. The average Bonchev–Trinajstić information content (AvgIpc) is 2.63. The summed E-state index contributed by atoms with van der Waals surface area (Å²) in [5.74, 6) is 2.56. The van der Waals surface area contributed by atoms with Crippen LogP contribution in [0, 0.1) is 12.4 Å². The molecule has 2 aromatic carbocycles. The monoisotopic (exact) mass is 375 g/mol. The van der Waals surface area contributed by atoms with Crippen molar-refractivity contribution in [3.8, 4) is 0 Å². The standard InChI is InChI=1S/C18H18FN3O3S/c1-20-17-12-14(7-8-16(17)19)21-18(24)13-5-4-6-15(11-13)26(3,25)22(2)9-10-23/h4-8,11-12,23H,3,9-10H2,2H3,(H,21,24). The fourth-order valence-corrected chi connectivity index (χ4v) is 3.52. The molecule has 0 aliphatic carbocycles. The second-order valence-electron chi connectivity index (χ2n) is 5.48. The molecule has 6 nitrogen and oxygen atoms in total. The lowest BCUT2D eigenvalue weighted by Crippen LogP contribution is -2.29. The van der Waals surface area contributed by atoms with Crippen molar-refractivity contribution in [2.45, 2.75) is 4.90 Å². The fourth-order valence-electron chi connectivity index (χ4n) is 2.18. The van der Waals surface area contributed by atoms with Gasteiger partial charge < -0.3 is 10.4 Å². The molecule has 0 bridgehead atoms. The molecule has 1 unspecified atom stereocenters. The highest BCUT2D eigenvalue weighted by Gasteiger charge is 2.16. The second-order valence-corrected chi connectivity index (χ2v) is 7.85. The molecule has 0 fully saturated rings. The maximum atomic E-state index is 13.4. The third kappa shape index (κ3) is 4.26. The van der Waals surface area contributed by atoms with Gasteiger partial charge in [0.15, 0.2) is 0 Å². The second kappa shape index (κ2) is 8.10. The van der Waals surface area contributed by atoms with Crippen LogP contribution < -0.4 is 5.32 Å². The molecule has 0 saturated carbocycles. The molecule has 0 saturated heterocycles. The summed E-state index contributed by atoms with van der Waals surface area (Å²) in [6, 6.07) is 9.87. The SMILES string of the molecule is [C-]#[N+]c1cc(NC(=O)c2cccc(S(=C)(=O)N(C)CCO)c2)ccc1F. The molecule has 0 spiro atoms. The van der Waals surface area contributed by atoms with E-state index in [0.29, 0.717) is 4.90 Å². The Labute approximate surface area is 151 Å². The number of nitrogens with one attached hydrogen (secondary N) is 1. The van der Waals surface area contributed by atoms with Gasteiger partial charge in [-0.05, 0) is 49.3 Å². The molecule has 0 aromatic heterocycles. The fraction of sp³-hybridized carbons (Fsp3) is 0.167. The third-order valence-corrected chi connectivity index (χ3v) is 5.89. The quantitative estimate of drug-likeness (QED) is 0.602. The van der Waals surface area contributed by atoms with E-state index in [1.54, 1.807) is 25.2 Å². The van der Waals surface area contributed by atoms with Gasteiger partial charge in [0.05, 0.1) is 22.9 Å². The average molecular weight is 375 g/mol. The number of carbonyl (C=O) groups is 1. The summed E-state index contributed by atoms with van der Waals surface area (Å²) in [6.07, 6.45) is 0. The van der Waals surface area contributed by atoms with E-state index in [4.69, 9.17) is 11.7 Å². The number of halogens is 1. The van der Waals surface area contributed by atoms with E-state index in [-0.39, 0.29) is 30.1 Å². The zero-order chi connectivity index (χ0) is 19.3. The largest absolute Gasteiger partial charge is 0.395 e. The summed E-state index contributed by atoms with van der Waals surface area (Å²) in [6.45, 7) is 6.91. The minimum atomic E-state index is -2.84. The van der Waals surface area contributed by atoms with Crippen molar-refractivity contribution >= 4 is 32.9 Å². The zero-order valence-electron chi connectivity index (χ0n) is 14.1. The Morgan fingerprint density at radius 2 is 2.12 bits per heavy atom. The Kier molecular flexibility index (Phi) is 6.10. The molecule has 2 N–H and O–H groups in total. The van der Waals surface area contributed by atoms with Crippen LogP contribution in [0.15, 0.2) is 47.4 Å². The Hall–Kier alpha value is -2.73. The number of nitrogens with zero attached hydrogens (tertiary/aromatic N) is 2. The van der Waals surface area contributed by atoms with Crippen LogP contribution in [0.25, 0.3) is 4.85 Å². The molecule has 2 rings (SSSR count). The Bertz CT molecular complexity index is 968. The number of amides is 1. The number of benzene rings is 2. The molecular weight excluding hydrogens is 357 g/mol. The van der Waals surface area contributed by atoms with Gasteiger partial charge in [0.1, 0.15) is 5.82 Å². The van der Waals surface area contributed by atoms with Gasteiger partial charge >= 0.3 is 0 Å². The molecular formula is C18H18FN3O3S. The van der Waals surface area contributed by atoms with Crippen LogP contribution in [0.4, 0.5) is 15.8 Å². The summed E-state index contributed by atoms with van der Waals surface area (Å²) >= 11 is 0. The lowest BCUT2D eigenvalue weighted by molar-refractivity contribution is 0.102. The molecule has 26 heavy (non-hydrogen) atoms. The molecule has 0 aliphatic heterocycles. The topological polar surface area (TPSA) is 74.0 Å². The van der Waals surface area contributed by atoms with Gasteiger partial charge in [-0.3, -0.25) is 4.79 Å². The van der Waals surface area contributed by atoms with E-state index in [0.717, 1.165) is 6.07 Å². The van der Waals surface area contributed by atoms with Crippen molar-refractivity contribution < 1.29 is 18.5 Å². The Morgan fingerprint density at radius 1 is 1.38 bits per heavy atom. The van der Waals surface area contributed by atoms with Gasteiger partial charge in [0.25, 0.3) is 5.91 Å². The minimum Gasteiger partial charge on any atom is -0.395 e. The van der Waals surface area contributed by atoms with Gasteiger partial charge in [-0.2, -0.15) is 0 Å². The van der Waals surface area contributed by atoms with E-state index < -0.39 is 21.4 Å². The molecule has 0 heterocycles. The van der Waals surface area contributed by atoms with Crippen LogP contribution in [0.2, 0.25) is 0 Å². The highest BCUT2D eigenvalue weighted by molar-refractivity contribution is 7.98. The van der Waals surface area contributed by atoms with E-state index in [1.807, 2.05) is 0 Å². The summed E-state index contributed by atoms with van der Waals surface area (Å²) in [4.78, 5) is 15.8. The van der Waals surface area contributed by atoms with E-state index in [2.05, 4.69) is 16.0 Å². The third-order valence-electron chi connectivity index (χ3n) is 3.71. The number of carbonyl (C=O) groups excluding carboxylic acids is 1. The molecule has 136 valence electrons. The van der Waals surface area contributed by atoms with Crippen LogP contribution in [-0.2, 0) is 9.71 Å². The van der Waals surface area contributed by atoms with E-state index in [1.165, 1.54) is 22.5 Å². The lowest BCUT2D eigenvalue weighted by Gasteiger charge is -2.21. The molecule has 1 amide bonds. The molecule has 0 radical (unpaired) electrons. The number of aliphatic hydroxyl groups is 1. The van der Waals surface area contributed by atoms with Crippen molar-refractivity contribution in [2.24, 2.45) is 0 Å². The molecule has 1 atom stereocenters. The Balaban J connectivity index is 2.27. The van der Waals surface area contributed by atoms with Crippen molar-refractivity contribution in [3.63, 3.8) is 0 Å². The summed E-state index contributed by atoms with van der Waals surface area (Å²) in [5, 5.41) is 11.6. The maximum absolute atomic E-state index is 13.4. The van der Waals surface area contributed by atoms with Gasteiger partial charge in [-0.15, -0.1) is 0 Å². The summed E-state index contributed by atoms with van der Waals surface area (Å²) in [5.41, 5.74) is 0.327. The van der Waals surface area contributed by atoms with Crippen LogP contribution in [0.5, 0.6) is 0 Å². The smallest absolute Gasteiger partial charge is 0.255 e. The van der Waals surface area contributed by atoms with Crippen LogP contribution in [0.3, 0.4) is 0 Å². The van der Waals surface area contributed by atoms with E-state index >= 15 is 0 Å². The lowest BCUT2D eigenvalue weighted by atomic mass is 10.2. The van der Waals surface area contributed by atoms with Crippen molar-refractivity contribution in [1.29, 1.82) is 0 Å². The number of hydrogen-bond acceptors (Lipinski definition) is 3. The molecule has 8 heteroatoms. The number of aliphatic hydroxyl groups excluding tert-OH is 1. The highest BCUT2D eigenvalue weighted by Crippen LogP contribution is 2.23. The zero-order valence-corrected chi connectivity index (χ0v) is 14.9. The van der Waals surface area contributed by atoms with Crippen molar-refractivity contribution in [3.05, 3.63) is 65.3 Å². The summed E-state index contributed by atoms with van der Waals surface area (Å²) < 4.78 is 27.6. The predicted molar refractivity (Wildman–Crippen MR) is 100 cm³/mol. The first-order valence-electron chi connectivity index (χ1n) is 7.57. The van der Waals surface area contributed by atoms with Gasteiger partial charge in [-0.25, -0.2) is 17.7 Å². The number of likely N-dealkylation sites (N-methyl/N-ethyl adjacent to an activating group) is 1. The maximum Gasteiger partial charge on any atom is 0.255 e. The van der Waals surface area contributed by atoms with Gasteiger partial charge in [0.2, 0.25) is 5.69 Å². The minimum absolute atomic E-state index is 0.170. The number of anilines is 1. The van der Waals surface area contributed by atoms with Crippen molar-refractivity contribution in [1.82, 2.24) is 4.31 Å². The first-order valence-corrected chi connectivity index (χ1v) is 9.26. The van der Waals surface area contributed by atoms with Gasteiger partial charge in [-0.1, -0.05) is 6.07 Å². The van der Waals surface area contributed by atoms with Gasteiger partial charge in [0, 0.05) is 22.7 Å². The van der Waals surface area contributed by atoms with Crippen LogP contribution in [-0.4, -0.2) is 45.6 Å². The normalized spacial score (nSPS) is 13.0. The molecule has 2 aromatic rings. The first kappa shape index (κ1) is 19.6. The molecule has 0 aliphatic rings. The van der Waals surface area contributed by atoms with Crippen LogP contribution >= 0.6 is 0 Å².